The van der Waals surface area contributed by atoms with Crippen LogP contribution in [-0.4, -0.2) is 20.7 Å². The first kappa shape index (κ1) is 23.0. The van der Waals surface area contributed by atoms with E-state index < -0.39 is 0 Å². The summed E-state index contributed by atoms with van der Waals surface area (Å²) in [5.41, 5.74) is 10.1. The molecule has 0 spiro atoms. The number of aryl methyl sites for hydroxylation is 1. The van der Waals surface area contributed by atoms with Crippen LogP contribution >= 0.6 is 24.8 Å². The van der Waals surface area contributed by atoms with Crippen molar-refractivity contribution < 1.29 is 4.79 Å². The largest absolute Gasteiger partial charge is 0.397 e. The van der Waals surface area contributed by atoms with E-state index in [1.165, 1.54) is 0 Å². The maximum atomic E-state index is 13.2. The van der Waals surface area contributed by atoms with Gasteiger partial charge in [-0.1, -0.05) is 12.1 Å². The number of aromatic nitrogens is 3. The average Bonchev–Trinajstić information content (AvgIpc) is 3.39. The number of carbonyl (C=O) groups excluding carboxylic acids is 1. The summed E-state index contributed by atoms with van der Waals surface area (Å²) in [5.74, 6) is 0.255. The summed E-state index contributed by atoms with van der Waals surface area (Å²) in [5, 5.41) is 8.46. The van der Waals surface area contributed by atoms with Gasteiger partial charge in [-0.3, -0.25) is 4.79 Å². The zero-order valence-electron chi connectivity index (χ0n) is 17.0. The van der Waals surface area contributed by atoms with Crippen LogP contribution in [0.1, 0.15) is 61.3 Å². The second kappa shape index (κ2) is 8.20. The quantitative estimate of drug-likeness (QED) is 0.563. The number of nitrogens with two attached hydrogens (primary N) is 1. The highest BCUT2D eigenvalue weighted by Gasteiger charge is 2.30. The monoisotopic (exact) mass is 435 g/mol. The Hall–Kier alpha value is -2.31. The number of hydrogen-bond acceptors (Lipinski definition) is 4. The first-order valence-electron chi connectivity index (χ1n) is 9.32. The van der Waals surface area contributed by atoms with E-state index in [0.717, 1.165) is 35.3 Å². The average molecular weight is 436 g/mol. The summed E-state index contributed by atoms with van der Waals surface area (Å²) >= 11 is 0. The van der Waals surface area contributed by atoms with Crippen molar-refractivity contribution in [3.63, 3.8) is 0 Å². The Bertz CT molecular complexity index is 1050. The van der Waals surface area contributed by atoms with E-state index >= 15 is 0 Å². The molecular formula is C21H27Cl2N5O. The van der Waals surface area contributed by atoms with Crippen molar-refractivity contribution in [2.24, 2.45) is 0 Å². The summed E-state index contributed by atoms with van der Waals surface area (Å²) in [6.07, 6.45) is 2.24. The van der Waals surface area contributed by atoms with Gasteiger partial charge in [-0.2, -0.15) is 5.10 Å². The molecule has 1 aliphatic carbocycles. The van der Waals surface area contributed by atoms with Crippen molar-refractivity contribution >= 4 is 53.1 Å². The van der Waals surface area contributed by atoms with Crippen molar-refractivity contribution in [2.75, 3.05) is 11.1 Å². The lowest BCUT2D eigenvalue weighted by molar-refractivity contribution is 0.102. The fraction of sp³-hybridized carbons (Fsp3) is 0.381. The molecule has 0 unspecified atom stereocenters. The minimum Gasteiger partial charge on any atom is -0.397 e. The van der Waals surface area contributed by atoms with Crippen LogP contribution < -0.4 is 11.1 Å². The lowest BCUT2D eigenvalue weighted by Crippen LogP contribution is -2.23. The van der Waals surface area contributed by atoms with Crippen LogP contribution in [0.3, 0.4) is 0 Å². The van der Waals surface area contributed by atoms with Gasteiger partial charge in [0.25, 0.3) is 5.91 Å². The molecule has 3 N–H and O–H groups in total. The number of amides is 1. The molecule has 2 heterocycles. The smallest absolute Gasteiger partial charge is 0.256 e. The van der Waals surface area contributed by atoms with E-state index in [1.807, 2.05) is 29.8 Å². The molecule has 0 radical (unpaired) electrons. The number of benzene rings is 1. The zero-order chi connectivity index (χ0) is 19.3. The van der Waals surface area contributed by atoms with Gasteiger partial charge in [0.15, 0.2) is 5.65 Å². The second-order valence-corrected chi connectivity index (χ2v) is 8.28. The van der Waals surface area contributed by atoms with Crippen LogP contribution in [-0.2, 0) is 5.54 Å². The van der Waals surface area contributed by atoms with E-state index in [4.69, 9.17) is 15.8 Å². The van der Waals surface area contributed by atoms with Gasteiger partial charge >= 0.3 is 0 Å². The fourth-order valence-electron chi connectivity index (χ4n) is 3.34. The SMILES string of the molecule is Cc1nn(C(C)(C)C)c2nc(C3CC3)cc(C(=O)Nc3ccccc3N)c12.Cl.Cl. The summed E-state index contributed by atoms with van der Waals surface area (Å²) in [4.78, 5) is 18.0. The molecule has 0 saturated heterocycles. The number of fused-ring (bicyclic) bond motifs is 1. The Morgan fingerprint density at radius 1 is 1.21 bits per heavy atom. The van der Waals surface area contributed by atoms with Crippen LogP contribution in [0.25, 0.3) is 11.0 Å². The maximum Gasteiger partial charge on any atom is 0.256 e. The number of nitrogens with one attached hydrogen (secondary N) is 1. The Balaban J connectivity index is 0.00000150. The summed E-state index contributed by atoms with van der Waals surface area (Å²) in [7, 11) is 0. The van der Waals surface area contributed by atoms with Crippen molar-refractivity contribution in [1.29, 1.82) is 0 Å². The maximum absolute atomic E-state index is 13.2. The van der Waals surface area contributed by atoms with E-state index in [1.54, 1.807) is 12.1 Å². The normalized spacial score (nSPS) is 13.5. The van der Waals surface area contributed by atoms with Crippen molar-refractivity contribution in [3.05, 3.63) is 47.3 Å². The van der Waals surface area contributed by atoms with E-state index in [9.17, 15) is 4.79 Å². The third-order valence-electron chi connectivity index (χ3n) is 4.92. The zero-order valence-corrected chi connectivity index (χ0v) is 18.7. The number of halogens is 2. The summed E-state index contributed by atoms with van der Waals surface area (Å²) in [6.45, 7) is 8.20. The van der Waals surface area contributed by atoms with Gasteiger partial charge in [-0.15, -0.1) is 24.8 Å². The molecule has 1 aromatic carbocycles. The molecule has 1 aliphatic rings. The molecular weight excluding hydrogens is 409 g/mol. The molecule has 3 aromatic rings. The van der Waals surface area contributed by atoms with Crippen molar-refractivity contribution in [2.45, 2.75) is 52.0 Å². The number of nitrogens with zero attached hydrogens (tertiary/aromatic N) is 3. The Kier molecular flexibility index (Phi) is 6.50. The van der Waals surface area contributed by atoms with Crippen LogP contribution in [0.4, 0.5) is 11.4 Å². The van der Waals surface area contributed by atoms with Gasteiger partial charge in [-0.25, -0.2) is 9.67 Å². The molecule has 29 heavy (non-hydrogen) atoms. The fourth-order valence-corrected chi connectivity index (χ4v) is 3.34. The molecule has 4 rings (SSSR count). The van der Waals surface area contributed by atoms with E-state index in [-0.39, 0.29) is 36.3 Å². The Labute approximate surface area is 183 Å². The number of hydrogen-bond donors (Lipinski definition) is 2. The second-order valence-electron chi connectivity index (χ2n) is 8.28. The van der Waals surface area contributed by atoms with Gasteiger partial charge in [0.2, 0.25) is 0 Å². The highest BCUT2D eigenvalue weighted by Crippen LogP contribution is 2.41. The van der Waals surface area contributed by atoms with Crippen molar-refractivity contribution in [3.8, 4) is 0 Å². The molecule has 0 atom stereocenters. The van der Waals surface area contributed by atoms with Gasteiger partial charge in [0, 0.05) is 11.6 Å². The van der Waals surface area contributed by atoms with Crippen LogP contribution in [0.15, 0.2) is 30.3 Å². The van der Waals surface area contributed by atoms with Crippen molar-refractivity contribution in [1.82, 2.24) is 14.8 Å². The van der Waals surface area contributed by atoms with Gasteiger partial charge in [0.1, 0.15) is 0 Å². The van der Waals surface area contributed by atoms with Gasteiger partial charge in [0.05, 0.1) is 33.6 Å². The first-order valence-corrected chi connectivity index (χ1v) is 9.32. The molecule has 0 bridgehead atoms. The summed E-state index contributed by atoms with van der Waals surface area (Å²) in [6, 6.07) is 9.20. The number of pyridine rings is 1. The molecule has 6 nitrogen and oxygen atoms in total. The topological polar surface area (TPSA) is 85.8 Å². The third kappa shape index (κ3) is 4.33. The number of carbonyl (C=O) groups is 1. The number of rotatable bonds is 3. The lowest BCUT2D eigenvalue weighted by atomic mass is 10.1. The molecule has 0 aliphatic heterocycles. The highest BCUT2D eigenvalue weighted by molar-refractivity contribution is 6.13. The van der Waals surface area contributed by atoms with Gasteiger partial charge in [-0.05, 0) is 58.7 Å². The van der Waals surface area contributed by atoms with Crippen LogP contribution in [0, 0.1) is 6.92 Å². The van der Waals surface area contributed by atoms with Crippen LogP contribution in [0.5, 0.6) is 0 Å². The highest BCUT2D eigenvalue weighted by atomic mass is 35.5. The third-order valence-corrected chi connectivity index (χ3v) is 4.92. The van der Waals surface area contributed by atoms with Gasteiger partial charge < -0.3 is 11.1 Å². The summed E-state index contributed by atoms with van der Waals surface area (Å²) < 4.78 is 1.93. The lowest BCUT2D eigenvalue weighted by Gasteiger charge is -2.20. The first-order chi connectivity index (χ1) is 12.8. The standard InChI is InChI=1S/C21H25N5O.2ClH/c1-12-18-14(20(27)24-16-8-6-5-7-15(16)22)11-17(13-9-10-13)23-19(18)26(25-12)21(2,3)4;;/h5-8,11,13H,9-10,22H2,1-4H3,(H,24,27);2*1H. The molecule has 1 saturated carbocycles. The minimum absolute atomic E-state index is 0. The Morgan fingerprint density at radius 3 is 2.45 bits per heavy atom. The van der Waals surface area contributed by atoms with E-state index in [2.05, 4.69) is 26.1 Å². The number of para-hydroxylation sites is 2. The Morgan fingerprint density at radius 2 is 1.86 bits per heavy atom. The molecule has 156 valence electrons. The van der Waals surface area contributed by atoms with Crippen LogP contribution in [0.2, 0.25) is 0 Å². The molecule has 1 amide bonds. The number of nitrogen functional groups attached to an aromatic ring is 1. The minimum atomic E-state index is -0.223. The predicted octanol–water partition coefficient (Wildman–Crippen LogP) is 5.05. The van der Waals surface area contributed by atoms with E-state index in [0.29, 0.717) is 22.9 Å². The molecule has 8 heteroatoms. The molecule has 2 aromatic heterocycles. The molecule has 1 fully saturated rings. The predicted molar refractivity (Wildman–Crippen MR) is 123 cm³/mol. The number of anilines is 2.